The molecule has 1 rings (SSSR count). The highest BCUT2D eigenvalue weighted by Crippen LogP contribution is 2.31. The molecule has 120 valence electrons. The van der Waals surface area contributed by atoms with Crippen molar-refractivity contribution in [1.29, 1.82) is 0 Å². The molecule has 0 amide bonds. The molecule has 2 atom stereocenters. The van der Waals surface area contributed by atoms with Gasteiger partial charge in [-0.15, -0.1) is 0 Å². The standard InChI is InChI=1S/C17H27F2NO/c1-4-8-13(3)12-15(20-11-5-2)14-9-6-7-10-16(14)21-17(18)19/h6-7,9-10,13,15,17,20H,4-5,8,11-12H2,1-3H3. The molecule has 2 nitrogen and oxygen atoms in total. The van der Waals surface area contributed by atoms with E-state index in [1.54, 1.807) is 12.1 Å². The first-order chi connectivity index (χ1) is 10.1. The number of hydrogen-bond acceptors (Lipinski definition) is 2. The molecule has 1 aromatic rings. The lowest BCUT2D eigenvalue weighted by atomic mass is 9.92. The van der Waals surface area contributed by atoms with Gasteiger partial charge in [0.1, 0.15) is 5.75 Å². The Labute approximate surface area is 126 Å². The largest absolute Gasteiger partial charge is 0.434 e. The fraction of sp³-hybridized carbons (Fsp3) is 0.647. The van der Waals surface area contributed by atoms with Gasteiger partial charge in [0.05, 0.1) is 0 Å². The maximum atomic E-state index is 12.6. The van der Waals surface area contributed by atoms with Crippen molar-refractivity contribution in [2.75, 3.05) is 6.54 Å². The summed E-state index contributed by atoms with van der Waals surface area (Å²) in [5.41, 5.74) is 0.828. The van der Waals surface area contributed by atoms with Crippen molar-refractivity contribution < 1.29 is 13.5 Å². The highest BCUT2D eigenvalue weighted by Gasteiger charge is 2.19. The van der Waals surface area contributed by atoms with Crippen LogP contribution in [0.4, 0.5) is 8.78 Å². The lowest BCUT2D eigenvalue weighted by Gasteiger charge is -2.24. The Morgan fingerprint density at radius 2 is 1.86 bits per heavy atom. The van der Waals surface area contributed by atoms with Gasteiger partial charge in [0.15, 0.2) is 0 Å². The molecule has 0 saturated heterocycles. The van der Waals surface area contributed by atoms with Gasteiger partial charge in [-0.1, -0.05) is 51.8 Å². The first-order valence-corrected chi connectivity index (χ1v) is 7.85. The molecule has 0 spiro atoms. The first-order valence-electron chi connectivity index (χ1n) is 7.85. The number of nitrogens with one attached hydrogen (secondary N) is 1. The van der Waals surface area contributed by atoms with Crippen LogP contribution in [-0.2, 0) is 0 Å². The quantitative estimate of drug-likeness (QED) is 0.644. The van der Waals surface area contributed by atoms with E-state index < -0.39 is 6.61 Å². The van der Waals surface area contributed by atoms with Gasteiger partial charge in [-0.05, 0) is 31.4 Å². The molecule has 21 heavy (non-hydrogen) atoms. The molecular formula is C17H27F2NO. The average Bonchev–Trinajstić information content (AvgIpc) is 2.44. The summed E-state index contributed by atoms with van der Waals surface area (Å²) < 4.78 is 29.8. The third kappa shape index (κ3) is 6.42. The molecule has 0 aliphatic heterocycles. The van der Waals surface area contributed by atoms with Gasteiger partial charge >= 0.3 is 6.61 Å². The molecule has 0 saturated carbocycles. The number of halogens is 2. The molecule has 0 aromatic heterocycles. The zero-order chi connectivity index (χ0) is 15.7. The summed E-state index contributed by atoms with van der Waals surface area (Å²) in [4.78, 5) is 0. The SMILES string of the molecule is CCCNC(CC(C)CCC)c1ccccc1OC(F)F. The second kappa shape index (κ2) is 9.72. The highest BCUT2D eigenvalue weighted by atomic mass is 19.3. The fourth-order valence-corrected chi connectivity index (χ4v) is 2.62. The van der Waals surface area contributed by atoms with Gasteiger partial charge in [-0.2, -0.15) is 8.78 Å². The third-order valence-corrected chi connectivity index (χ3v) is 3.57. The van der Waals surface area contributed by atoms with Crippen LogP contribution in [0.3, 0.4) is 0 Å². The molecule has 1 aromatic carbocycles. The monoisotopic (exact) mass is 299 g/mol. The summed E-state index contributed by atoms with van der Waals surface area (Å²) >= 11 is 0. The summed E-state index contributed by atoms with van der Waals surface area (Å²) in [5, 5.41) is 3.46. The molecule has 0 bridgehead atoms. The minimum atomic E-state index is -2.79. The Bertz CT molecular complexity index is 398. The van der Waals surface area contributed by atoms with Crippen molar-refractivity contribution in [3.8, 4) is 5.75 Å². The first kappa shape index (κ1) is 17.9. The zero-order valence-electron chi connectivity index (χ0n) is 13.2. The normalized spacial score (nSPS) is 14.2. The summed E-state index contributed by atoms with van der Waals surface area (Å²) in [6, 6.07) is 7.16. The molecule has 0 fully saturated rings. The summed E-state index contributed by atoms with van der Waals surface area (Å²) in [6.45, 7) is 4.55. The number of benzene rings is 1. The second-order valence-corrected chi connectivity index (χ2v) is 5.55. The second-order valence-electron chi connectivity index (χ2n) is 5.55. The van der Waals surface area contributed by atoms with Crippen molar-refractivity contribution in [1.82, 2.24) is 5.32 Å². The maximum absolute atomic E-state index is 12.6. The highest BCUT2D eigenvalue weighted by molar-refractivity contribution is 5.36. The third-order valence-electron chi connectivity index (χ3n) is 3.57. The predicted molar refractivity (Wildman–Crippen MR) is 82.8 cm³/mol. The number of alkyl halides is 2. The van der Waals surface area contributed by atoms with E-state index in [1.165, 1.54) is 0 Å². The number of para-hydroxylation sites is 1. The summed E-state index contributed by atoms with van der Waals surface area (Å²) in [5.74, 6) is 0.828. The van der Waals surface area contributed by atoms with Crippen molar-refractivity contribution in [3.63, 3.8) is 0 Å². The van der Waals surface area contributed by atoms with Gasteiger partial charge in [-0.25, -0.2) is 0 Å². The molecule has 0 radical (unpaired) electrons. The van der Waals surface area contributed by atoms with Crippen LogP contribution in [0.5, 0.6) is 5.75 Å². The van der Waals surface area contributed by atoms with Crippen LogP contribution in [0.1, 0.15) is 58.1 Å². The molecule has 4 heteroatoms. The van der Waals surface area contributed by atoms with Crippen LogP contribution in [-0.4, -0.2) is 13.2 Å². The van der Waals surface area contributed by atoms with Crippen molar-refractivity contribution >= 4 is 0 Å². The molecular weight excluding hydrogens is 272 g/mol. The van der Waals surface area contributed by atoms with Crippen molar-refractivity contribution in [2.24, 2.45) is 5.92 Å². The Balaban J connectivity index is 2.90. The van der Waals surface area contributed by atoms with E-state index in [2.05, 4.69) is 30.8 Å². The summed E-state index contributed by atoms with van der Waals surface area (Å²) in [7, 11) is 0. The topological polar surface area (TPSA) is 21.3 Å². The predicted octanol–water partition coefficient (Wildman–Crippen LogP) is 5.16. The van der Waals surface area contributed by atoms with Crippen molar-refractivity contribution in [2.45, 2.75) is 59.1 Å². The van der Waals surface area contributed by atoms with Crippen LogP contribution in [0.2, 0.25) is 0 Å². The zero-order valence-corrected chi connectivity index (χ0v) is 13.2. The smallest absolute Gasteiger partial charge is 0.387 e. The Morgan fingerprint density at radius 3 is 2.48 bits per heavy atom. The Hall–Kier alpha value is -1.16. The Kier molecular flexibility index (Phi) is 8.28. The van der Waals surface area contributed by atoms with Crippen molar-refractivity contribution in [3.05, 3.63) is 29.8 Å². The van der Waals surface area contributed by atoms with E-state index in [9.17, 15) is 8.78 Å². The van der Waals surface area contributed by atoms with E-state index in [0.29, 0.717) is 5.92 Å². The molecule has 1 N–H and O–H groups in total. The number of rotatable bonds is 10. The molecule has 0 aliphatic rings. The van der Waals surface area contributed by atoms with Crippen LogP contribution in [0.25, 0.3) is 0 Å². The molecule has 0 aliphatic carbocycles. The van der Waals surface area contributed by atoms with Crippen LogP contribution >= 0.6 is 0 Å². The Morgan fingerprint density at radius 1 is 1.14 bits per heavy atom. The van der Waals surface area contributed by atoms with Gasteiger partial charge in [-0.3, -0.25) is 0 Å². The number of hydrogen-bond donors (Lipinski definition) is 1. The van der Waals surface area contributed by atoms with E-state index in [-0.39, 0.29) is 11.8 Å². The van der Waals surface area contributed by atoms with E-state index in [4.69, 9.17) is 0 Å². The van der Waals surface area contributed by atoms with Crippen LogP contribution in [0.15, 0.2) is 24.3 Å². The number of ether oxygens (including phenoxy) is 1. The minimum absolute atomic E-state index is 0.0569. The van der Waals surface area contributed by atoms with E-state index in [0.717, 1.165) is 37.8 Å². The van der Waals surface area contributed by atoms with Gasteiger partial charge in [0.25, 0.3) is 0 Å². The van der Waals surface area contributed by atoms with E-state index in [1.807, 2.05) is 12.1 Å². The fourth-order valence-electron chi connectivity index (χ4n) is 2.62. The molecule has 2 unspecified atom stereocenters. The average molecular weight is 299 g/mol. The van der Waals surface area contributed by atoms with Crippen LogP contribution < -0.4 is 10.1 Å². The van der Waals surface area contributed by atoms with Gasteiger partial charge < -0.3 is 10.1 Å². The van der Waals surface area contributed by atoms with Crippen LogP contribution in [0, 0.1) is 5.92 Å². The van der Waals surface area contributed by atoms with Gasteiger partial charge in [0, 0.05) is 11.6 Å². The van der Waals surface area contributed by atoms with E-state index >= 15 is 0 Å². The minimum Gasteiger partial charge on any atom is -0.434 e. The maximum Gasteiger partial charge on any atom is 0.387 e. The molecule has 0 heterocycles. The lowest BCUT2D eigenvalue weighted by Crippen LogP contribution is -2.25. The summed E-state index contributed by atoms with van der Waals surface area (Å²) in [6.07, 6.45) is 4.22. The van der Waals surface area contributed by atoms with Gasteiger partial charge in [0.2, 0.25) is 0 Å². The lowest BCUT2D eigenvalue weighted by molar-refractivity contribution is -0.0507.